The molecule has 0 saturated carbocycles. The van der Waals surface area contributed by atoms with Crippen LogP contribution in [0, 0.1) is 6.92 Å². The van der Waals surface area contributed by atoms with E-state index in [1.54, 1.807) is 23.6 Å². The van der Waals surface area contributed by atoms with Crippen molar-refractivity contribution in [3.8, 4) is 0 Å². The summed E-state index contributed by atoms with van der Waals surface area (Å²) >= 11 is 1.62. The monoisotopic (exact) mass is 319 g/mol. The minimum absolute atomic E-state index is 0.188. The Morgan fingerprint density at radius 1 is 1.41 bits per heavy atom. The molecule has 0 saturated heterocycles. The number of nitrogens with zero attached hydrogens (tertiary/aromatic N) is 3. The van der Waals surface area contributed by atoms with Crippen LogP contribution in [-0.2, 0) is 0 Å². The number of rotatable bonds is 5. The second-order valence-electron chi connectivity index (χ2n) is 5.36. The molecule has 6 nitrogen and oxygen atoms in total. The van der Waals surface area contributed by atoms with Crippen molar-refractivity contribution in [1.82, 2.24) is 15.3 Å². The third kappa shape index (κ3) is 4.42. The molecule has 2 rings (SSSR count). The summed E-state index contributed by atoms with van der Waals surface area (Å²) in [6.45, 7) is 4.55. The lowest BCUT2D eigenvalue weighted by atomic mass is 10.2. The Hall–Kier alpha value is -2.15. The molecule has 0 bridgehead atoms. The Morgan fingerprint density at radius 2 is 2.18 bits per heavy atom. The number of nitrogens with one attached hydrogen (secondary N) is 2. The molecule has 0 aromatic carbocycles. The van der Waals surface area contributed by atoms with Gasteiger partial charge in [-0.25, -0.2) is 14.8 Å². The number of carbonyl (C=O) groups excluding carboxylic acids is 1. The van der Waals surface area contributed by atoms with Crippen LogP contribution < -0.4 is 15.5 Å². The van der Waals surface area contributed by atoms with Crippen LogP contribution in [0.3, 0.4) is 0 Å². The molecule has 118 valence electrons. The highest BCUT2D eigenvalue weighted by Crippen LogP contribution is 2.19. The van der Waals surface area contributed by atoms with Crippen molar-refractivity contribution in [2.24, 2.45) is 0 Å². The van der Waals surface area contributed by atoms with E-state index in [2.05, 4.69) is 20.6 Å². The summed E-state index contributed by atoms with van der Waals surface area (Å²) in [5.41, 5.74) is 2.00. The predicted molar refractivity (Wildman–Crippen MR) is 90.9 cm³/mol. The first-order valence-electron chi connectivity index (χ1n) is 7.06. The Bertz CT molecular complexity index is 623. The van der Waals surface area contributed by atoms with Crippen LogP contribution in [0.1, 0.15) is 23.5 Å². The normalized spacial score (nSPS) is 11.8. The second-order valence-corrected chi connectivity index (χ2v) is 6.25. The Morgan fingerprint density at radius 3 is 2.73 bits per heavy atom. The van der Waals surface area contributed by atoms with Crippen molar-refractivity contribution >= 4 is 28.9 Å². The Balaban J connectivity index is 1.82. The molecule has 2 aromatic rings. The molecular formula is C15H21N5OS. The van der Waals surface area contributed by atoms with Crippen LogP contribution >= 0.6 is 11.3 Å². The van der Waals surface area contributed by atoms with Crippen molar-refractivity contribution in [3.05, 3.63) is 34.4 Å². The highest BCUT2D eigenvalue weighted by Gasteiger charge is 2.11. The van der Waals surface area contributed by atoms with Crippen LogP contribution in [0.15, 0.2) is 23.7 Å². The van der Waals surface area contributed by atoms with Gasteiger partial charge >= 0.3 is 6.03 Å². The number of carbonyl (C=O) groups is 1. The maximum atomic E-state index is 11.9. The van der Waals surface area contributed by atoms with Crippen molar-refractivity contribution in [2.75, 3.05) is 30.9 Å². The van der Waals surface area contributed by atoms with E-state index in [9.17, 15) is 4.79 Å². The number of thiazole rings is 1. The Kier molecular flexibility index (Phi) is 5.32. The zero-order valence-corrected chi connectivity index (χ0v) is 14.1. The van der Waals surface area contributed by atoms with E-state index in [0.29, 0.717) is 12.4 Å². The predicted octanol–water partition coefficient (Wildman–Crippen LogP) is 2.84. The molecule has 0 spiro atoms. The summed E-state index contributed by atoms with van der Waals surface area (Å²) in [5.74, 6) is 0.717. The molecule has 0 unspecified atom stereocenters. The van der Waals surface area contributed by atoms with Crippen LogP contribution in [0.2, 0.25) is 0 Å². The van der Waals surface area contributed by atoms with Gasteiger partial charge in [0.25, 0.3) is 0 Å². The molecule has 0 aliphatic heterocycles. The maximum absolute atomic E-state index is 11.9. The van der Waals surface area contributed by atoms with Crippen LogP contribution in [0.5, 0.6) is 0 Å². The lowest BCUT2D eigenvalue weighted by molar-refractivity contribution is 0.251. The average molecular weight is 319 g/mol. The molecule has 2 heterocycles. The number of urea groups is 1. The third-order valence-electron chi connectivity index (χ3n) is 3.13. The van der Waals surface area contributed by atoms with Gasteiger partial charge in [-0.1, -0.05) is 6.92 Å². The zero-order chi connectivity index (χ0) is 16.1. The fourth-order valence-electron chi connectivity index (χ4n) is 1.82. The summed E-state index contributed by atoms with van der Waals surface area (Å²) in [4.78, 5) is 22.5. The summed E-state index contributed by atoms with van der Waals surface area (Å²) in [5, 5.41) is 8.62. The minimum atomic E-state index is -0.259. The first-order valence-corrected chi connectivity index (χ1v) is 7.94. The van der Waals surface area contributed by atoms with Gasteiger partial charge in [0.15, 0.2) is 0 Å². The molecule has 0 radical (unpaired) electrons. The van der Waals surface area contributed by atoms with Gasteiger partial charge in [0.1, 0.15) is 5.82 Å². The van der Waals surface area contributed by atoms with Gasteiger partial charge in [-0.05, 0) is 19.1 Å². The van der Waals surface area contributed by atoms with E-state index in [1.165, 1.54) is 0 Å². The number of amides is 2. The first kappa shape index (κ1) is 16.2. The fraction of sp³-hybridized carbons (Fsp3) is 0.400. The summed E-state index contributed by atoms with van der Waals surface area (Å²) in [7, 11) is 3.89. The highest BCUT2D eigenvalue weighted by molar-refractivity contribution is 7.09. The van der Waals surface area contributed by atoms with Crippen molar-refractivity contribution in [2.45, 2.75) is 19.8 Å². The summed E-state index contributed by atoms with van der Waals surface area (Å²) in [6.07, 6.45) is 1.72. The van der Waals surface area contributed by atoms with E-state index in [-0.39, 0.29) is 11.9 Å². The highest BCUT2D eigenvalue weighted by atomic mass is 32.1. The van der Waals surface area contributed by atoms with Gasteiger partial charge in [-0.2, -0.15) is 0 Å². The lowest BCUT2D eigenvalue weighted by Gasteiger charge is -2.13. The van der Waals surface area contributed by atoms with Crippen molar-refractivity contribution in [1.29, 1.82) is 0 Å². The average Bonchev–Trinajstić information content (AvgIpc) is 2.92. The van der Waals surface area contributed by atoms with Gasteiger partial charge in [0, 0.05) is 37.6 Å². The topological polar surface area (TPSA) is 70.2 Å². The minimum Gasteiger partial charge on any atom is -0.376 e. The standard InChI is InChI=1S/C15H21N5OS/c1-10(14-18-11(2)9-22-14)7-17-15(21)19-13-6-5-12(8-16-13)20(3)4/h5-6,8-10H,7H2,1-4H3,(H2,16,17,19,21)/t10-/m0/s1. The molecule has 7 heteroatoms. The molecule has 2 aromatic heterocycles. The molecule has 1 atom stereocenters. The second kappa shape index (κ2) is 7.22. The number of aromatic nitrogens is 2. The van der Waals surface area contributed by atoms with Crippen LogP contribution in [0.4, 0.5) is 16.3 Å². The van der Waals surface area contributed by atoms with Gasteiger partial charge in [-0.3, -0.25) is 5.32 Å². The van der Waals surface area contributed by atoms with E-state index in [0.717, 1.165) is 16.4 Å². The van der Waals surface area contributed by atoms with Gasteiger partial charge in [0.05, 0.1) is 16.9 Å². The molecule has 2 N–H and O–H groups in total. The van der Waals surface area contributed by atoms with E-state index >= 15 is 0 Å². The molecule has 0 aliphatic carbocycles. The molecule has 2 amide bonds. The number of hydrogen-bond acceptors (Lipinski definition) is 5. The van der Waals surface area contributed by atoms with Gasteiger partial charge < -0.3 is 10.2 Å². The number of anilines is 2. The smallest absolute Gasteiger partial charge is 0.320 e. The summed E-state index contributed by atoms with van der Waals surface area (Å²) < 4.78 is 0. The molecule has 22 heavy (non-hydrogen) atoms. The third-order valence-corrected chi connectivity index (χ3v) is 4.33. The van der Waals surface area contributed by atoms with Crippen molar-refractivity contribution in [3.63, 3.8) is 0 Å². The maximum Gasteiger partial charge on any atom is 0.320 e. The molecule has 0 aliphatic rings. The largest absolute Gasteiger partial charge is 0.376 e. The number of hydrogen-bond donors (Lipinski definition) is 2. The van der Waals surface area contributed by atoms with E-state index in [4.69, 9.17) is 0 Å². The van der Waals surface area contributed by atoms with E-state index < -0.39 is 0 Å². The van der Waals surface area contributed by atoms with Gasteiger partial charge in [0.2, 0.25) is 0 Å². The zero-order valence-electron chi connectivity index (χ0n) is 13.3. The Labute approximate surface area is 134 Å². The fourth-order valence-corrected chi connectivity index (χ4v) is 2.67. The van der Waals surface area contributed by atoms with Crippen LogP contribution in [-0.4, -0.2) is 36.6 Å². The van der Waals surface area contributed by atoms with E-state index in [1.807, 2.05) is 44.3 Å². The molecule has 0 fully saturated rings. The lowest BCUT2D eigenvalue weighted by Crippen LogP contribution is -2.32. The SMILES string of the molecule is Cc1csc([C@@H](C)CNC(=O)Nc2ccc(N(C)C)cn2)n1. The van der Waals surface area contributed by atoms with Gasteiger partial charge in [-0.15, -0.1) is 11.3 Å². The quantitative estimate of drug-likeness (QED) is 0.889. The number of aryl methyl sites for hydroxylation is 1. The first-order chi connectivity index (χ1) is 10.5. The number of pyridine rings is 1. The van der Waals surface area contributed by atoms with Crippen molar-refractivity contribution < 1.29 is 4.79 Å². The summed E-state index contributed by atoms with van der Waals surface area (Å²) in [6, 6.07) is 3.43. The molecular weight excluding hydrogens is 298 g/mol. The van der Waals surface area contributed by atoms with Crippen LogP contribution in [0.25, 0.3) is 0 Å².